The maximum absolute atomic E-state index is 2.46. The van der Waals surface area contributed by atoms with Crippen LogP contribution in [0.4, 0.5) is 34.1 Å². The molecule has 0 radical (unpaired) electrons. The van der Waals surface area contributed by atoms with E-state index < -0.39 is 0 Å². The number of hydrogen-bond acceptors (Lipinski definition) is 2. The Hall–Kier alpha value is -6.64. The molecule has 2 atom stereocenters. The highest BCUT2D eigenvalue weighted by Crippen LogP contribution is 2.56. The van der Waals surface area contributed by atoms with E-state index in [-0.39, 0.29) is 16.2 Å². The second-order valence-corrected chi connectivity index (χ2v) is 19.4. The van der Waals surface area contributed by atoms with Crippen LogP contribution in [0.5, 0.6) is 0 Å². The van der Waals surface area contributed by atoms with Gasteiger partial charge in [-0.25, -0.2) is 0 Å². The second kappa shape index (κ2) is 16.2. The third-order valence-electron chi connectivity index (χ3n) is 14.3. The molecular weight excluding hydrogens is 761 g/mol. The van der Waals surface area contributed by atoms with Gasteiger partial charge in [-0.2, -0.15) is 0 Å². The maximum Gasteiger partial charge on any atom is 0.0465 e. The monoisotopic (exact) mass is 818 g/mol. The molecule has 2 aliphatic rings. The van der Waals surface area contributed by atoms with Crippen molar-refractivity contribution in [2.24, 2.45) is 11.3 Å². The molecule has 8 aromatic carbocycles. The fourth-order valence-electron chi connectivity index (χ4n) is 11.3. The fraction of sp³-hybridized carbons (Fsp3) is 0.213. The molecule has 2 heteroatoms. The van der Waals surface area contributed by atoms with Gasteiger partial charge in [0.05, 0.1) is 0 Å². The topological polar surface area (TPSA) is 6.48 Å². The molecule has 0 amide bonds. The molecule has 2 unspecified atom stereocenters. The molecule has 2 aliphatic carbocycles. The van der Waals surface area contributed by atoms with Crippen molar-refractivity contribution < 1.29 is 0 Å². The van der Waals surface area contributed by atoms with E-state index >= 15 is 0 Å². The van der Waals surface area contributed by atoms with Crippen molar-refractivity contribution in [1.29, 1.82) is 0 Å². The number of hydrogen-bond donors (Lipinski definition) is 0. The first kappa shape index (κ1) is 40.4. The lowest BCUT2D eigenvalue weighted by atomic mass is 9.52. The van der Waals surface area contributed by atoms with Crippen molar-refractivity contribution in [1.82, 2.24) is 0 Å². The van der Waals surface area contributed by atoms with Crippen molar-refractivity contribution in [3.8, 4) is 22.3 Å². The molecule has 1 saturated carbocycles. The molecule has 10 rings (SSSR count). The summed E-state index contributed by atoms with van der Waals surface area (Å²) in [6, 6.07) is 76.6. The molecule has 0 heterocycles. The Morgan fingerprint density at radius 3 is 1.40 bits per heavy atom. The normalized spacial score (nSPS) is 17.7. The van der Waals surface area contributed by atoms with Crippen LogP contribution in [0.2, 0.25) is 0 Å². The first-order valence-corrected chi connectivity index (χ1v) is 22.9. The van der Waals surface area contributed by atoms with E-state index in [9.17, 15) is 0 Å². The zero-order valence-electron chi connectivity index (χ0n) is 37.4. The molecule has 63 heavy (non-hydrogen) atoms. The Morgan fingerprint density at radius 1 is 0.413 bits per heavy atom. The molecule has 0 N–H and O–H groups in total. The van der Waals surface area contributed by atoms with E-state index in [4.69, 9.17) is 0 Å². The minimum absolute atomic E-state index is 0.0985. The maximum atomic E-state index is 2.46. The van der Waals surface area contributed by atoms with Gasteiger partial charge in [0, 0.05) is 45.0 Å². The summed E-state index contributed by atoms with van der Waals surface area (Å²) < 4.78 is 0. The number of benzene rings is 8. The van der Waals surface area contributed by atoms with Crippen LogP contribution >= 0.6 is 0 Å². The molecule has 2 nitrogen and oxygen atoms in total. The van der Waals surface area contributed by atoms with Crippen molar-refractivity contribution >= 4 is 34.1 Å². The van der Waals surface area contributed by atoms with E-state index in [2.05, 4.69) is 251 Å². The summed E-state index contributed by atoms with van der Waals surface area (Å²) in [7, 11) is 0. The summed E-state index contributed by atoms with van der Waals surface area (Å²) in [6.45, 7) is 12.1. The Bertz CT molecular complexity index is 2780. The van der Waals surface area contributed by atoms with Gasteiger partial charge in [0.1, 0.15) is 0 Å². The van der Waals surface area contributed by atoms with Gasteiger partial charge in [-0.05, 0) is 141 Å². The summed E-state index contributed by atoms with van der Waals surface area (Å²) in [5.41, 5.74) is 17.5. The van der Waals surface area contributed by atoms with E-state index in [1.165, 1.54) is 75.1 Å². The molecule has 0 aromatic heterocycles. The van der Waals surface area contributed by atoms with Gasteiger partial charge in [0.15, 0.2) is 0 Å². The molecule has 0 aliphatic heterocycles. The molecule has 312 valence electrons. The van der Waals surface area contributed by atoms with Crippen molar-refractivity contribution in [3.63, 3.8) is 0 Å². The average Bonchev–Trinajstić information content (AvgIpc) is 3.55. The lowest BCUT2D eigenvalue weighted by molar-refractivity contribution is 0.100. The van der Waals surface area contributed by atoms with Crippen LogP contribution in [0.3, 0.4) is 0 Å². The van der Waals surface area contributed by atoms with E-state index in [0.29, 0.717) is 5.92 Å². The highest BCUT2D eigenvalue weighted by molar-refractivity contribution is 5.86. The number of rotatable bonds is 9. The van der Waals surface area contributed by atoms with Gasteiger partial charge in [-0.1, -0.05) is 181 Å². The van der Waals surface area contributed by atoms with Crippen LogP contribution in [-0.4, -0.2) is 0 Å². The van der Waals surface area contributed by atoms with Gasteiger partial charge in [-0.15, -0.1) is 0 Å². The van der Waals surface area contributed by atoms with E-state index in [1.54, 1.807) is 0 Å². The lowest BCUT2D eigenvalue weighted by Crippen LogP contribution is -2.45. The SMILES string of the molecule is CC1(C)c2ccccc2-c2ccc(N(c3ccc(-c4ccccc4)cc3)c3ccc(C4(c5ccc(N(c6ccccc6)c6ccccc6)cc5)CCCCC4C(C)(C)C)cc3)cc21. The largest absolute Gasteiger partial charge is 0.311 e. The Balaban J connectivity index is 1.08. The second-order valence-electron chi connectivity index (χ2n) is 19.4. The number of anilines is 6. The molecule has 0 spiro atoms. The van der Waals surface area contributed by atoms with Crippen molar-refractivity contribution in [2.45, 2.75) is 71.1 Å². The van der Waals surface area contributed by atoms with Crippen molar-refractivity contribution in [2.75, 3.05) is 9.80 Å². The third kappa shape index (κ3) is 7.26. The van der Waals surface area contributed by atoms with Crippen molar-refractivity contribution in [3.05, 3.63) is 229 Å². The third-order valence-corrected chi connectivity index (χ3v) is 14.3. The highest BCUT2D eigenvalue weighted by atomic mass is 15.1. The summed E-state index contributed by atoms with van der Waals surface area (Å²) in [4.78, 5) is 4.83. The summed E-state index contributed by atoms with van der Waals surface area (Å²) in [6.07, 6.45) is 4.81. The van der Waals surface area contributed by atoms with Crippen LogP contribution < -0.4 is 9.80 Å². The van der Waals surface area contributed by atoms with Crippen LogP contribution in [-0.2, 0) is 10.8 Å². The van der Waals surface area contributed by atoms with Crippen LogP contribution in [0.1, 0.15) is 82.6 Å². The Labute approximate surface area is 375 Å². The van der Waals surface area contributed by atoms with Crippen LogP contribution in [0, 0.1) is 11.3 Å². The summed E-state index contributed by atoms with van der Waals surface area (Å²) >= 11 is 0. The Kier molecular flexibility index (Phi) is 10.4. The molecule has 8 aromatic rings. The molecule has 1 fully saturated rings. The fourth-order valence-corrected chi connectivity index (χ4v) is 11.3. The highest BCUT2D eigenvalue weighted by Gasteiger charge is 2.48. The Morgan fingerprint density at radius 2 is 0.841 bits per heavy atom. The smallest absolute Gasteiger partial charge is 0.0465 e. The first-order valence-electron chi connectivity index (χ1n) is 22.9. The van der Waals surface area contributed by atoms with Gasteiger partial charge < -0.3 is 9.80 Å². The van der Waals surface area contributed by atoms with Gasteiger partial charge in [0.25, 0.3) is 0 Å². The number of fused-ring (bicyclic) bond motifs is 3. The van der Waals surface area contributed by atoms with E-state index in [1.807, 2.05) is 0 Å². The van der Waals surface area contributed by atoms with Crippen LogP contribution in [0.25, 0.3) is 22.3 Å². The average molecular weight is 819 g/mol. The number of nitrogens with zero attached hydrogens (tertiary/aromatic N) is 2. The van der Waals surface area contributed by atoms with Gasteiger partial charge >= 0.3 is 0 Å². The molecule has 0 bridgehead atoms. The standard InChI is InChI=1S/C61H58N2/c1-59(2,3)58-27-17-18-42-61(58,46-30-36-51(37-31-46)62(48-21-11-7-12-22-48)49-23-13-8-14-24-49)47-32-38-52(39-33-47)63(50-34-28-45(29-35-50)44-19-9-6-10-20-44)53-40-41-55-54-25-15-16-26-56(54)60(4,5)57(55)43-53/h6-16,19-26,28-41,43,58H,17-18,27,42H2,1-5H3. The minimum atomic E-state index is -0.135. The summed E-state index contributed by atoms with van der Waals surface area (Å²) in [5, 5.41) is 0. The number of para-hydroxylation sites is 2. The predicted octanol–water partition coefficient (Wildman–Crippen LogP) is 17.1. The zero-order valence-corrected chi connectivity index (χ0v) is 37.4. The lowest BCUT2D eigenvalue weighted by Gasteiger charge is -2.51. The van der Waals surface area contributed by atoms with E-state index in [0.717, 1.165) is 29.2 Å². The molecule has 0 saturated heterocycles. The van der Waals surface area contributed by atoms with Crippen LogP contribution in [0.15, 0.2) is 206 Å². The zero-order chi connectivity index (χ0) is 43.2. The quantitative estimate of drug-likeness (QED) is 0.143. The minimum Gasteiger partial charge on any atom is -0.311 e. The predicted molar refractivity (Wildman–Crippen MR) is 267 cm³/mol. The van der Waals surface area contributed by atoms with Gasteiger partial charge in [-0.3, -0.25) is 0 Å². The molecular formula is C61H58N2. The van der Waals surface area contributed by atoms with Gasteiger partial charge in [0.2, 0.25) is 0 Å². The first-order chi connectivity index (χ1) is 30.6. The summed E-state index contributed by atoms with van der Waals surface area (Å²) in [5.74, 6) is 0.469.